The molecule has 1 aliphatic heterocycles. The topological polar surface area (TPSA) is 63.9 Å². The number of morpholine rings is 1. The summed E-state index contributed by atoms with van der Waals surface area (Å²) in [6, 6.07) is 15.3. The number of anilines is 2. The molecule has 0 atom stereocenters. The van der Waals surface area contributed by atoms with E-state index in [1.807, 2.05) is 48.5 Å². The lowest BCUT2D eigenvalue weighted by molar-refractivity contribution is -0.111. The summed E-state index contributed by atoms with van der Waals surface area (Å²) in [4.78, 5) is 14.5. The van der Waals surface area contributed by atoms with E-state index in [0.717, 1.165) is 54.4 Å². The zero-order valence-electron chi connectivity index (χ0n) is 15.7. The van der Waals surface area contributed by atoms with Crippen LogP contribution in [0.25, 0.3) is 17.0 Å². The predicted octanol–water partition coefficient (Wildman–Crippen LogP) is 3.93. The van der Waals surface area contributed by atoms with Gasteiger partial charge in [-0.25, -0.2) is 0 Å². The molecule has 1 saturated heterocycles. The Hall–Kier alpha value is -3.25. The number of fused-ring (bicyclic) bond motifs is 1. The van der Waals surface area contributed by atoms with E-state index in [9.17, 15) is 4.79 Å². The maximum absolute atomic E-state index is 12.2. The van der Waals surface area contributed by atoms with Crippen LogP contribution in [0.1, 0.15) is 5.76 Å². The summed E-state index contributed by atoms with van der Waals surface area (Å²) in [5.74, 6) is 1.17. The van der Waals surface area contributed by atoms with Gasteiger partial charge in [-0.15, -0.1) is 0 Å². The number of methoxy groups -OCH3 is 1. The number of benzene rings is 2. The molecule has 144 valence electrons. The summed E-state index contributed by atoms with van der Waals surface area (Å²) in [6.45, 7) is 3.27. The van der Waals surface area contributed by atoms with Gasteiger partial charge in [0, 0.05) is 35.9 Å². The van der Waals surface area contributed by atoms with E-state index in [0.29, 0.717) is 5.76 Å². The monoisotopic (exact) mass is 378 g/mol. The first-order chi connectivity index (χ1) is 13.7. The third-order valence-electron chi connectivity index (χ3n) is 4.65. The van der Waals surface area contributed by atoms with Gasteiger partial charge in [0.25, 0.3) is 0 Å². The fourth-order valence-corrected chi connectivity index (χ4v) is 3.17. The molecular weight excluding hydrogens is 356 g/mol. The molecule has 6 nitrogen and oxygen atoms in total. The van der Waals surface area contributed by atoms with E-state index < -0.39 is 0 Å². The van der Waals surface area contributed by atoms with Gasteiger partial charge in [0.1, 0.15) is 17.1 Å². The third-order valence-corrected chi connectivity index (χ3v) is 4.65. The summed E-state index contributed by atoms with van der Waals surface area (Å²) < 4.78 is 16.3. The lowest BCUT2D eigenvalue weighted by Crippen LogP contribution is -2.36. The fourth-order valence-electron chi connectivity index (χ4n) is 3.17. The number of ether oxygens (including phenoxy) is 2. The van der Waals surface area contributed by atoms with Gasteiger partial charge in [-0.05, 0) is 54.6 Å². The summed E-state index contributed by atoms with van der Waals surface area (Å²) in [5.41, 5.74) is 2.63. The number of hydrogen-bond acceptors (Lipinski definition) is 5. The molecule has 1 N–H and O–H groups in total. The van der Waals surface area contributed by atoms with Crippen molar-refractivity contribution in [2.75, 3.05) is 43.6 Å². The highest BCUT2D eigenvalue weighted by molar-refractivity contribution is 6.02. The second-order valence-electron chi connectivity index (χ2n) is 6.52. The highest BCUT2D eigenvalue weighted by Crippen LogP contribution is 2.25. The highest BCUT2D eigenvalue weighted by Gasteiger charge is 2.11. The first kappa shape index (κ1) is 18.1. The van der Waals surface area contributed by atoms with Crippen molar-refractivity contribution in [1.82, 2.24) is 0 Å². The van der Waals surface area contributed by atoms with Crippen molar-refractivity contribution in [3.63, 3.8) is 0 Å². The van der Waals surface area contributed by atoms with E-state index in [-0.39, 0.29) is 5.91 Å². The molecular formula is C22H22N2O4. The number of amides is 1. The van der Waals surface area contributed by atoms with Crippen molar-refractivity contribution in [2.45, 2.75) is 0 Å². The van der Waals surface area contributed by atoms with E-state index >= 15 is 0 Å². The number of carbonyl (C=O) groups is 1. The van der Waals surface area contributed by atoms with Crippen LogP contribution in [0, 0.1) is 0 Å². The first-order valence-corrected chi connectivity index (χ1v) is 9.21. The molecule has 6 heteroatoms. The number of nitrogens with zero attached hydrogens (tertiary/aromatic N) is 1. The van der Waals surface area contributed by atoms with Crippen molar-refractivity contribution < 1.29 is 18.7 Å². The number of carbonyl (C=O) groups excluding carboxylic acids is 1. The molecule has 0 aliphatic carbocycles. The van der Waals surface area contributed by atoms with Crippen molar-refractivity contribution in [2.24, 2.45) is 0 Å². The normalized spacial score (nSPS) is 14.5. The average Bonchev–Trinajstić information content (AvgIpc) is 3.15. The quantitative estimate of drug-likeness (QED) is 0.682. The Labute approximate surface area is 163 Å². The standard InChI is InChI=1S/C22H22N2O4/c1-26-19-6-8-21-16(14-19)15-20(28-21)7-9-22(25)23-17-2-4-18(5-3-17)24-10-12-27-13-11-24/h2-9,14-15H,10-13H2,1H3,(H,23,25)/b9-7+. The lowest BCUT2D eigenvalue weighted by Gasteiger charge is -2.28. The third kappa shape index (κ3) is 4.18. The van der Waals surface area contributed by atoms with Crippen LogP contribution >= 0.6 is 0 Å². The van der Waals surface area contributed by atoms with Crippen LogP contribution in [0.5, 0.6) is 5.75 Å². The molecule has 28 heavy (non-hydrogen) atoms. The Morgan fingerprint density at radius 1 is 1.11 bits per heavy atom. The molecule has 0 saturated carbocycles. The van der Waals surface area contributed by atoms with Gasteiger partial charge in [-0.1, -0.05) is 0 Å². The maximum atomic E-state index is 12.2. The molecule has 3 aromatic rings. The van der Waals surface area contributed by atoms with Crippen LogP contribution in [0.4, 0.5) is 11.4 Å². The Balaban J connectivity index is 1.38. The van der Waals surface area contributed by atoms with Crippen LogP contribution in [-0.4, -0.2) is 39.3 Å². The minimum atomic E-state index is -0.211. The lowest BCUT2D eigenvalue weighted by atomic mass is 10.2. The van der Waals surface area contributed by atoms with Gasteiger partial charge >= 0.3 is 0 Å². The van der Waals surface area contributed by atoms with Gasteiger partial charge in [-0.2, -0.15) is 0 Å². The predicted molar refractivity (Wildman–Crippen MR) is 110 cm³/mol. The molecule has 2 heterocycles. The number of hydrogen-bond donors (Lipinski definition) is 1. The summed E-state index contributed by atoms with van der Waals surface area (Å²) in [6.07, 6.45) is 3.12. The minimum absolute atomic E-state index is 0.211. The Kier molecular flexibility index (Phi) is 5.30. The molecule has 0 bridgehead atoms. The van der Waals surface area contributed by atoms with Gasteiger partial charge in [0.15, 0.2) is 0 Å². The summed E-state index contributed by atoms with van der Waals surface area (Å²) in [7, 11) is 1.62. The summed E-state index contributed by atoms with van der Waals surface area (Å²) >= 11 is 0. The van der Waals surface area contributed by atoms with Crippen molar-refractivity contribution in [1.29, 1.82) is 0 Å². The van der Waals surface area contributed by atoms with E-state index in [2.05, 4.69) is 10.2 Å². The van der Waals surface area contributed by atoms with Crippen molar-refractivity contribution in [3.8, 4) is 5.75 Å². The van der Waals surface area contributed by atoms with Crippen LogP contribution in [0.2, 0.25) is 0 Å². The molecule has 0 unspecified atom stereocenters. The van der Waals surface area contributed by atoms with Crippen LogP contribution in [0.3, 0.4) is 0 Å². The molecule has 1 aromatic heterocycles. The van der Waals surface area contributed by atoms with Gasteiger partial charge < -0.3 is 24.1 Å². The largest absolute Gasteiger partial charge is 0.497 e. The van der Waals surface area contributed by atoms with Gasteiger partial charge in [0.2, 0.25) is 5.91 Å². The first-order valence-electron chi connectivity index (χ1n) is 9.21. The van der Waals surface area contributed by atoms with E-state index in [1.165, 1.54) is 6.08 Å². The molecule has 1 fully saturated rings. The highest BCUT2D eigenvalue weighted by atomic mass is 16.5. The Bertz CT molecular complexity index is 985. The molecule has 0 radical (unpaired) electrons. The molecule has 2 aromatic carbocycles. The fraction of sp³-hybridized carbons (Fsp3) is 0.227. The molecule has 1 aliphatic rings. The smallest absolute Gasteiger partial charge is 0.248 e. The van der Waals surface area contributed by atoms with Crippen LogP contribution < -0.4 is 15.0 Å². The number of rotatable bonds is 5. The zero-order chi connectivity index (χ0) is 19.3. The van der Waals surface area contributed by atoms with E-state index in [1.54, 1.807) is 13.2 Å². The van der Waals surface area contributed by atoms with Crippen molar-refractivity contribution in [3.05, 3.63) is 60.4 Å². The Morgan fingerprint density at radius 3 is 2.64 bits per heavy atom. The summed E-state index contributed by atoms with van der Waals surface area (Å²) in [5, 5.41) is 3.79. The average molecular weight is 378 g/mol. The van der Waals surface area contributed by atoms with Crippen molar-refractivity contribution >= 4 is 34.3 Å². The van der Waals surface area contributed by atoms with Crippen LogP contribution in [-0.2, 0) is 9.53 Å². The number of furan rings is 1. The maximum Gasteiger partial charge on any atom is 0.248 e. The molecule has 1 amide bonds. The number of nitrogens with one attached hydrogen (secondary N) is 1. The minimum Gasteiger partial charge on any atom is -0.497 e. The van der Waals surface area contributed by atoms with E-state index in [4.69, 9.17) is 13.9 Å². The molecule has 4 rings (SSSR count). The Morgan fingerprint density at radius 2 is 1.89 bits per heavy atom. The second kappa shape index (κ2) is 8.19. The van der Waals surface area contributed by atoms with Gasteiger partial charge in [-0.3, -0.25) is 4.79 Å². The second-order valence-corrected chi connectivity index (χ2v) is 6.52. The van der Waals surface area contributed by atoms with Crippen LogP contribution in [0.15, 0.2) is 59.0 Å². The zero-order valence-corrected chi connectivity index (χ0v) is 15.7. The van der Waals surface area contributed by atoms with Gasteiger partial charge in [0.05, 0.1) is 20.3 Å². The SMILES string of the molecule is COc1ccc2oc(/C=C/C(=O)Nc3ccc(N4CCOCC4)cc3)cc2c1. The molecule has 0 spiro atoms.